The first-order valence-corrected chi connectivity index (χ1v) is 10.1. The van der Waals surface area contributed by atoms with E-state index in [9.17, 15) is 28.2 Å². The molecule has 0 bridgehead atoms. The molecule has 182 valence electrons. The number of nitrogens with one attached hydrogen (secondary N) is 1. The molecule has 0 radical (unpaired) electrons. The molecule has 0 saturated heterocycles. The number of nitrogens with two attached hydrogens (primary N) is 1. The summed E-state index contributed by atoms with van der Waals surface area (Å²) >= 11 is 0. The van der Waals surface area contributed by atoms with Crippen molar-refractivity contribution in [1.82, 2.24) is 14.9 Å². The number of benzene rings is 2. The largest absolute Gasteiger partial charge is 0.507 e. The lowest BCUT2D eigenvalue weighted by Gasteiger charge is -2.14. The van der Waals surface area contributed by atoms with Gasteiger partial charge in [0.25, 0.3) is 5.91 Å². The SMILES string of the molecule is NC(=O)c1cc(OCCNCC(O)COc2ccc(-c3nccn3C(F)(F)F)cc2)ccc1O. The summed E-state index contributed by atoms with van der Waals surface area (Å²) in [5.41, 5.74) is 5.39. The monoisotopic (exact) mass is 480 g/mol. The van der Waals surface area contributed by atoms with Crippen molar-refractivity contribution in [2.24, 2.45) is 5.73 Å². The van der Waals surface area contributed by atoms with Gasteiger partial charge in [-0.1, -0.05) is 0 Å². The number of phenols is 1. The van der Waals surface area contributed by atoms with Crippen LogP contribution in [-0.2, 0) is 6.30 Å². The van der Waals surface area contributed by atoms with Crippen molar-refractivity contribution in [2.75, 3.05) is 26.3 Å². The van der Waals surface area contributed by atoms with Crippen LogP contribution < -0.4 is 20.5 Å². The molecule has 12 heteroatoms. The standard InChI is InChI=1S/C22H23F3N4O5/c23-22(24,25)29-9-7-28-21(29)14-1-3-16(4-2-14)34-13-15(30)12-27-8-10-33-17-5-6-19(31)18(11-17)20(26)32/h1-7,9,11,15,27,30-31H,8,10,12-13H2,(H2,26,32). The lowest BCUT2D eigenvalue weighted by Crippen LogP contribution is -2.33. The molecule has 34 heavy (non-hydrogen) atoms. The second-order valence-corrected chi connectivity index (χ2v) is 7.17. The number of imidazole rings is 1. The van der Waals surface area contributed by atoms with E-state index in [0.29, 0.717) is 18.0 Å². The third kappa shape index (κ3) is 6.62. The number of halogens is 3. The van der Waals surface area contributed by atoms with Gasteiger partial charge in [0.2, 0.25) is 0 Å². The topological polar surface area (TPSA) is 132 Å². The fraction of sp³-hybridized carbons (Fsp3) is 0.273. The molecule has 2 aromatic carbocycles. The molecule has 0 spiro atoms. The first kappa shape index (κ1) is 24.9. The Balaban J connectivity index is 1.39. The van der Waals surface area contributed by atoms with Gasteiger partial charge in [0.15, 0.2) is 0 Å². The highest BCUT2D eigenvalue weighted by Crippen LogP contribution is 2.29. The zero-order valence-electron chi connectivity index (χ0n) is 17.8. The van der Waals surface area contributed by atoms with Gasteiger partial charge < -0.3 is 30.7 Å². The van der Waals surface area contributed by atoms with E-state index in [1.165, 1.54) is 42.5 Å². The van der Waals surface area contributed by atoms with Crippen LogP contribution in [0.3, 0.4) is 0 Å². The number of alkyl halides is 3. The quantitative estimate of drug-likeness (QED) is 0.310. The Morgan fingerprint density at radius 2 is 1.85 bits per heavy atom. The second kappa shape index (κ2) is 10.9. The van der Waals surface area contributed by atoms with Crippen LogP contribution >= 0.6 is 0 Å². The highest BCUT2D eigenvalue weighted by atomic mass is 19.4. The maximum absolute atomic E-state index is 13.0. The first-order chi connectivity index (χ1) is 16.1. The molecule has 0 saturated carbocycles. The summed E-state index contributed by atoms with van der Waals surface area (Å²) in [6.07, 6.45) is -3.50. The van der Waals surface area contributed by atoms with Crippen LogP contribution in [0.5, 0.6) is 17.2 Å². The number of aromatic nitrogens is 2. The van der Waals surface area contributed by atoms with Gasteiger partial charge in [-0.2, -0.15) is 0 Å². The number of hydrogen-bond donors (Lipinski definition) is 4. The molecular formula is C22H23F3N4O5. The number of nitrogens with zero attached hydrogens (tertiary/aromatic N) is 2. The fourth-order valence-electron chi connectivity index (χ4n) is 2.99. The molecule has 1 amide bonds. The second-order valence-electron chi connectivity index (χ2n) is 7.17. The number of rotatable bonds is 11. The zero-order chi connectivity index (χ0) is 24.7. The molecule has 1 unspecified atom stereocenters. The Morgan fingerprint density at radius 1 is 1.15 bits per heavy atom. The Kier molecular flexibility index (Phi) is 7.97. The van der Waals surface area contributed by atoms with Crippen molar-refractivity contribution in [3.05, 3.63) is 60.4 Å². The minimum Gasteiger partial charge on any atom is -0.507 e. The van der Waals surface area contributed by atoms with E-state index in [4.69, 9.17) is 15.2 Å². The smallest absolute Gasteiger partial charge is 0.490 e. The van der Waals surface area contributed by atoms with Gasteiger partial charge in [-0.05, 0) is 42.5 Å². The Hall–Kier alpha value is -3.77. The normalized spacial score (nSPS) is 12.4. The molecule has 0 fully saturated rings. The molecule has 1 aromatic heterocycles. The summed E-state index contributed by atoms with van der Waals surface area (Å²) in [6.45, 7) is 0.771. The predicted octanol–water partition coefficient (Wildman–Crippen LogP) is 2.24. The molecule has 1 atom stereocenters. The van der Waals surface area contributed by atoms with Crippen molar-refractivity contribution >= 4 is 5.91 Å². The maximum atomic E-state index is 13.0. The summed E-state index contributed by atoms with van der Waals surface area (Å²) < 4.78 is 50.0. The number of hydrogen-bond acceptors (Lipinski definition) is 7. The zero-order valence-corrected chi connectivity index (χ0v) is 17.8. The number of amides is 1. The van der Waals surface area contributed by atoms with Crippen molar-refractivity contribution in [3.63, 3.8) is 0 Å². The van der Waals surface area contributed by atoms with E-state index in [0.717, 1.165) is 12.4 Å². The highest BCUT2D eigenvalue weighted by molar-refractivity contribution is 5.95. The molecule has 0 aliphatic heterocycles. The number of carbonyl (C=O) groups is 1. The van der Waals surface area contributed by atoms with Crippen molar-refractivity contribution < 1.29 is 37.7 Å². The fourth-order valence-corrected chi connectivity index (χ4v) is 2.99. The van der Waals surface area contributed by atoms with E-state index in [1.807, 2.05) is 0 Å². The average molecular weight is 480 g/mol. The van der Waals surface area contributed by atoms with Gasteiger partial charge in [0.1, 0.15) is 42.4 Å². The summed E-state index contributed by atoms with van der Waals surface area (Å²) in [5.74, 6) is -0.495. The highest BCUT2D eigenvalue weighted by Gasteiger charge is 2.33. The molecule has 5 N–H and O–H groups in total. The number of aromatic hydroxyl groups is 1. The van der Waals surface area contributed by atoms with Crippen molar-refractivity contribution in [1.29, 1.82) is 0 Å². The van der Waals surface area contributed by atoms with Gasteiger partial charge in [-0.15, -0.1) is 13.2 Å². The van der Waals surface area contributed by atoms with E-state index in [2.05, 4.69) is 10.3 Å². The lowest BCUT2D eigenvalue weighted by molar-refractivity contribution is -0.202. The van der Waals surface area contributed by atoms with Gasteiger partial charge >= 0.3 is 6.30 Å². The van der Waals surface area contributed by atoms with Gasteiger partial charge in [0.05, 0.1) is 5.56 Å². The molecule has 9 nitrogen and oxygen atoms in total. The van der Waals surface area contributed by atoms with Crippen LogP contribution in [0.1, 0.15) is 10.4 Å². The van der Waals surface area contributed by atoms with Crippen LogP contribution in [0.25, 0.3) is 11.4 Å². The van der Waals surface area contributed by atoms with Crippen molar-refractivity contribution in [2.45, 2.75) is 12.4 Å². The van der Waals surface area contributed by atoms with Crippen molar-refractivity contribution in [3.8, 4) is 28.6 Å². The van der Waals surface area contributed by atoms with Crippen LogP contribution in [0.4, 0.5) is 13.2 Å². The summed E-state index contributed by atoms with van der Waals surface area (Å²) in [5, 5.41) is 22.6. The summed E-state index contributed by atoms with van der Waals surface area (Å²) in [6, 6.07) is 10.0. The first-order valence-electron chi connectivity index (χ1n) is 10.1. The van der Waals surface area contributed by atoms with Gasteiger partial charge in [-0.25, -0.2) is 9.55 Å². The molecule has 1 heterocycles. The number of primary amides is 1. The average Bonchev–Trinajstić information content (AvgIpc) is 3.29. The summed E-state index contributed by atoms with van der Waals surface area (Å²) in [4.78, 5) is 15.0. The molecule has 0 aliphatic rings. The van der Waals surface area contributed by atoms with Crippen LogP contribution in [0.2, 0.25) is 0 Å². The minimum atomic E-state index is -4.57. The summed E-state index contributed by atoms with van der Waals surface area (Å²) in [7, 11) is 0. The van der Waals surface area contributed by atoms with Crippen LogP contribution in [0.15, 0.2) is 54.9 Å². The third-order valence-corrected chi connectivity index (χ3v) is 4.63. The Labute approximate surface area is 192 Å². The number of aliphatic hydroxyl groups excluding tert-OH is 1. The minimum absolute atomic E-state index is 0.0374. The Morgan fingerprint density at radius 3 is 2.53 bits per heavy atom. The molecular weight excluding hydrogens is 457 g/mol. The number of aliphatic hydroxyl groups is 1. The van der Waals surface area contributed by atoms with Gasteiger partial charge in [-0.3, -0.25) is 4.79 Å². The maximum Gasteiger partial charge on any atom is 0.490 e. The third-order valence-electron chi connectivity index (χ3n) is 4.63. The number of carbonyl (C=O) groups excluding carboxylic acids is 1. The molecule has 3 aromatic rings. The van der Waals surface area contributed by atoms with E-state index in [1.54, 1.807) is 0 Å². The predicted molar refractivity (Wildman–Crippen MR) is 115 cm³/mol. The van der Waals surface area contributed by atoms with E-state index >= 15 is 0 Å². The number of ether oxygens (including phenoxy) is 2. The molecule has 0 aliphatic carbocycles. The molecule has 3 rings (SSSR count). The lowest BCUT2D eigenvalue weighted by atomic mass is 10.2. The van der Waals surface area contributed by atoms with E-state index < -0.39 is 18.3 Å². The van der Waals surface area contributed by atoms with E-state index in [-0.39, 0.29) is 47.0 Å². The Bertz CT molecular complexity index is 1100. The van der Waals surface area contributed by atoms with Crippen LogP contribution in [0, 0.1) is 0 Å². The van der Waals surface area contributed by atoms with Gasteiger partial charge in [0, 0.05) is 31.0 Å². The van der Waals surface area contributed by atoms with Crippen LogP contribution in [-0.4, -0.2) is 58.1 Å².